The minimum Gasteiger partial charge on any atom is -0.354 e. The van der Waals surface area contributed by atoms with Gasteiger partial charge in [0.25, 0.3) is 5.91 Å². The standard InChI is InChI=1S/C25H32FN3O2/c1-4-18-7-9-19(10-8-18)23(28(2)3)16-27-24(30)21-6-5-15-29(17-21)25(31)20-11-13-22(26)14-12-20/h7-14,21,23H,4-6,15-17H2,1-3H3,(H,27,30)/t21-,23+/m0/s1. The van der Waals surface area contributed by atoms with Crippen molar-refractivity contribution in [2.24, 2.45) is 5.92 Å². The number of nitrogens with one attached hydrogen (secondary N) is 1. The Morgan fingerprint density at radius 1 is 1.13 bits per heavy atom. The Morgan fingerprint density at radius 2 is 1.81 bits per heavy atom. The van der Waals surface area contributed by atoms with Crippen LogP contribution in [0.15, 0.2) is 48.5 Å². The molecule has 1 aliphatic rings. The fourth-order valence-electron chi connectivity index (χ4n) is 4.07. The third kappa shape index (κ3) is 5.91. The van der Waals surface area contributed by atoms with E-state index in [-0.39, 0.29) is 29.6 Å². The van der Waals surface area contributed by atoms with E-state index in [9.17, 15) is 14.0 Å². The highest BCUT2D eigenvalue weighted by Gasteiger charge is 2.29. The minimum absolute atomic E-state index is 0.0198. The predicted octanol–water partition coefficient (Wildman–Crippen LogP) is 3.66. The number of amides is 2. The lowest BCUT2D eigenvalue weighted by Crippen LogP contribution is -2.46. The van der Waals surface area contributed by atoms with Crippen molar-refractivity contribution in [3.8, 4) is 0 Å². The zero-order valence-electron chi connectivity index (χ0n) is 18.6. The number of carbonyl (C=O) groups is 2. The van der Waals surface area contributed by atoms with Gasteiger partial charge < -0.3 is 15.1 Å². The monoisotopic (exact) mass is 425 g/mol. The molecule has 0 radical (unpaired) electrons. The number of likely N-dealkylation sites (N-methyl/N-ethyl adjacent to an activating group) is 1. The van der Waals surface area contributed by atoms with Crippen LogP contribution in [0.4, 0.5) is 4.39 Å². The lowest BCUT2D eigenvalue weighted by molar-refractivity contribution is -0.126. The molecule has 0 aromatic heterocycles. The van der Waals surface area contributed by atoms with Crippen molar-refractivity contribution in [2.45, 2.75) is 32.2 Å². The zero-order chi connectivity index (χ0) is 22.4. The van der Waals surface area contributed by atoms with Crippen molar-refractivity contribution in [3.05, 3.63) is 71.0 Å². The molecule has 2 amide bonds. The smallest absolute Gasteiger partial charge is 0.253 e. The molecule has 2 aromatic carbocycles. The summed E-state index contributed by atoms with van der Waals surface area (Å²) in [6.07, 6.45) is 2.54. The Hall–Kier alpha value is -2.73. The fourth-order valence-corrected chi connectivity index (χ4v) is 4.07. The van der Waals surface area contributed by atoms with E-state index >= 15 is 0 Å². The van der Waals surface area contributed by atoms with Gasteiger partial charge in [0.2, 0.25) is 5.91 Å². The minimum atomic E-state index is -0.368. The molecule has 1 saturated heterocycles. The van der Waals surface area contributed by atoms with E-state index < -0.39 is 0 Å². The summed E-state index contributed by atoms with van der Waals surface area (Å²) in [5.74, 6) is -0.774. The van der Waals surface area contributed by atoms with Gasteiger partial charge in [-0.1, -0.05) is 31.2 Å². The van der Waals surface area contributed by atoms with Gasteiger partial charge in [0.1, 0.15) is 5.82 Å². The first-order valence-electron chi connectivity index (χ1n) is 11.0. The third-order valence-corrected chi connectivity index (χ3v) is 6.04. The van der Waals surface area contributed by atoms with E-state index in [0.29, 0.717) is 25.2 Å². The van der Waals surface area contributed by atoms with Crippen molar-refractivity contribution >= 4 is 11.8 Å². The van der Waals surface area contributed by atoms with Gasteiger partial charge in [-0.2, -0.15) is 0 Å². The predicted molar refractivity (Wildman–Crippen MR) is 120 cm³/mol. The maximum Gasteiger partial charge on any atom is 0.253 e. The quantitative estimate of drug-likeness (QED) is 0.737. The number of likely N-dealkylation sites (tertiary alicyclic amines) is 1. The first kappa shape index (κ1) is 22.9. The third-order valence-electron chi connectivity index (χ3n) is 6.04. The molecule has 0 bridgehead atoms. The number of nitrogens with zero attached hydrogens (tertiary/aromatic N) is 2. The van der Waals surface area contributed by atoms with Crippen LogP contribution in [0, 0.1) is 11.7 Å². The molecule has 166 valence electrons. The molecule has 1 N–H and O–H groups in total. The Kier molecular flexibility index (Phi) is 7.80. The number of aryl methyl sites for hydroxylation is 1. The summed E-state index contributed by atoms with van der Waals surface area (Å²) in [5, 5.41) is 3.10. The van der Waals surface area contributed by atoms with Crippen LogP contribution >= 0.6 is 0 Å². The maximum absolute atomic E-state index is 13.1. The lowest BCUT2D eigenvalue weighted by atomic mass is 9.96. The van der Waals surface area contributed by atoms with Crippen molar-refractivity contribution in [3.63, 3.8) is 0 Å². The van der Waals surface area contributed by atoms with Crippen LogP contribution in [0.5, 0.6) is 0 Å². The Bertz CT molecular complexity index is 881. The second-order valence-electron chi connectivity index (χ2n) is 8.42. The number of carbonyl (C=O) groups excluding carboxylic acids is 2. The maximum atomic E-state index is 13.1. The number of rotatable bonds is 7. The highest BCUT2D eigenvalue weighted by atomic mass is 19.1. The van der Waals surface area contributed by atoms with Gasteiger partial charge in [0, 0.05) is 25.2 Å². The van der Waals surface area contributed by atoms with Crippen LogP contribution in [0.1, 0.15) is 47.3 Å². The Labute approximate surface area is 184 Å². The second-order valence-corrected chi connectivity index (χ2v) is 8.42. The van der Waals surface area contributed by atoms with E-state index in [0.717, 1.165) is 19.3 Å². The van der Waals surface area contributed by atoms with E-state index in [1.165, 1.54) is 35.4 Å². The van der Waals surface area contributed by atoms with Gasteiger partial charge in [-0.05, 0) is 68.8 Å². The average Bonchev–Trinajstić information content (AvgIpc) is 2.79. The number of piperidine rings is 1. The van der Waals surface area contributed by atoms with Gasteiger partial charge in [0.05, 0.1) is 12.0 Å². The largest absolute Gasteiger partial charge is 0.354 e. The molecule has 0 spiro atoms. The molecular weight excluding hydrogens is 393 g/mol. The summed E-state index contributed by atoms with van der Waals surface area (Å²) in [5.41, 5.74) is 2.91. The molecule has 2 aromatic rings. The highest BCUT2D eigenvalue weighted by Crippen LogP contribution is 2.21. The van der Waals surface area contributed by atoms with Gasteiger partial charge in [0.15, 0.2) is 0 Å². The average molecular weight is 426 g/mol. The number of hydrogen-bond acceptors (Lipinski definition) is 3. The van der Waals surface area contributed by atoms with Crippen LogP contribution in [0.2, 0.25) is 0 Å². The lowest BCUT2D eigenvalue weighted by Gasteiger charge is -2.33. The molecule has 6 heteroatoms. The number of benzene rings is 2. The summed E-state index contributed by atoms with van der Waals surface area (Å²) in [6, 6.07) is 14.2. The van der Waals surface area contributed by atoms with Gasteiger partial charge >= 0.3 is 0 Å². The van der Waals surface area contributed by atoms with Crippen LogP contribution in [0.25, 0.3) is 0 Å². The zero-order valence-corrected chi connectivity index (χ0v) is 18.6. The Morgan fingerprint density at radius 3 is 2.42 bits per heavy atom. The molecular formula is C25H32FN3O2. The van der Waals surface area contributed by atoms with Gasteiger partial charge in [-0.25, -0.2) is 4.39 Å². The second kappa shape index (κ2) is 10.5. The molecule has 0 unspecified atom stereocenters. The Balaban J connectivity index is 1.59. The molecule has 0 aliphatic carbocycles. The van der Waals surface area contributed by atoms with E-state index in [1.807, 2.05) is 14.1 Å². The summed E-state index contributed by atoms with van der Waals surface area (Å²) in [6.45, 7) is 3.65. The van der Waals surface area contributed by atoms with Crippen LogP contribution in [0.3, 0.4) is 0 Å². The van der Waals surface area contributed by atoms with E-state index in [2.05, 4.69) is 41.4 Å². The topological polar surface area (TPSA) is 52.7 Å². The molecule has 3 rings (SSSR count). The molecule has 1 fully saturated rings. The van der Waals surface area contributed by atoms with Crippen molar-refractivity contribution in [1.82, 2.24) is 15.1 Å². The van der Waals surface area contributed by atoms with Crippen LogP contribution < -0.4 is 5.32 Å². The summed E-state index contributed by atoms with van der Waals surface area (Å²) in [7, 11) is 4.02. The first-order valence-corrected chi connectivity index (χ1v) is 11.0. The summed E-state index contributed by atoms with van der Waals surface area (Å²) < 4.78 is 13.1. The van der Waals surface area contributed by atoms with Gasteiger partial charge in [-0.15, -0.1) is 0 Å². The number of hydrogen-bond donors (Lipinski definition) is 1. The van der Waals surface area contributed by atoms with Crippen LogP contribution in [-0.2, 0) is 11.2 Å². The van der Waals surface area contributed by atoms with E-state index in [4.69, 9.17) is 0 Å². The first-order chi connectivity index (χ1) is 14.9. The van der Waals surface area contributed by atoms with Crippen molar-refractivity contribution < 1.29 is 14.0 Å². The molecule has 2 atom stereocenters. The van der Waals surface area contributed by atoms with Crippen LogP contribution in [-0.4, -0.2) is 55.3 Å². The van der Waals surface area contributed by atoms with Gasteiger partial charge in [-0.3, -0.25) is 9.59 Å². The molecule has 31 heavy (non-hydrogen) atoms. The van der Waals surface area contributed by atoms with Crippen molar-refractivity contribution in [2.75, 3.05) is 33.7 Å². The molecule has 1 aliphatic heterocycles. The summed E-state index contributed by atoms with van der Waals surface area (Å²) in [4.78, 5) is 29.4. The summed E-state index contributed by atoms with van der Waals surface area (Å²) >= 11 is 0. The highest BCUT2D eigenvalue weighted by molar-refractivity contribution is 5.94. The fraction of sp³-hybridized carbons (Fsp3) is 0.440. The SMILES string of the molecule is CCc1ccc([C@@H](CNC(=O)[C@H]2CCCN(C(=O)c3ccc(F)cc3)C2)N(C)C)cc1. The molecule has 1 heterocycles. The van der Waals surface area contributed by atoms with Crippen molar-refractivity contribution in [1.29, 1.82) is 0 Å². The normalized spacial score (nSPS) is 17.5. The molecule has 5 nitrogen and oxygen atoms in total. The number of halogens is 1. The van der Waals surface area contributed by atoms with E-state index in [1.54, 1.807) is 4.90 Å². The molecule has 0 saturated carbocycles.